The molecule has 8 heteroatoms. The third kappa shape index (κ3) is 5.60. The Bertz CT molecular complexity index is 697. The van der Waals surface area contributed by atoms with Crippen molar-refractivity contribution in [1.29, 1.82) is 0 Å². The summed E-state index contributed by atoms with van der Waals surface area (Å²) in [4.78, 5) is 39.3. The molecule has 2 N–H and O–H groups in total. The van der Waals surface area contributed by atoms with E-state index >= 15 is 0 Å². The Morgan fingerprint density at radius 1 is 1.22 bits per heavy atom. The van der Waals surface area contributed by atoms with Crippen molar-refractivity contribution in [3.8, 4) is 0 Å². The SMILES string of the molecule is CCOC(=O)N1CCC(NC(=O)Nc2cc(C(=O)N(C)C)ccc2C)CC1. The number of anilines is 1. The number of nitrogens with one attached hydrogen (secondary N) is 2. The Balaban J connectivity index is 1.90. The highest BCUT2D eigenvalue weighted by Crippen LogP contribution is 2.18. The summed E-state index contributed by atoms with van der Waals surface area (Å²) in [5, 5.41) is 5.75. The zero-order valence-corrected chi connectivity index (χ0v) is 16.4. The van der Waals surface area contributed by atoms with Crippen LogP contribution in [0, 0.1) is 6.92 Å². The van der Waals surface area contributed by atoms with Crippen LogP contribution in [0.1, 0.15) is 35.7 Å². The molecule has 0 unspecified atom stereocenters. The van der Waals surface area contributed by atoms with Crippen LogP contribution in [-0.4, -0.2) is 67.7 Å². The van der Waals surface area contributed by atoms with Crippen molar-refractivity contribution in [2.45, 2.75) is 32.7 Å². The summed E-state index contributed by atoms with van der Waals surface area (Å²) >= 11 is 0. The number of carbonyl (C=O) groups is 3. The molecule has 27 heavy (non-hydrogen) atoms. The summed E-state index contributed by atoms with van der Waals surface area (Å²) < 4.78 is 4.99. The maximum atomic E-state index is 12.3. The van der Waals surface area contributed by atoms with Gasteiger partial charge in [0.15, 0.2) is 0 Å². The number of likely N-dealkylation sites (tertiary alicyclic amines) is 1. The minimum absolute atomic E-state index is 0.0115. The molecule has 0 radical (unpaired) electrons. The highest BCUT2D eigenvalue weighted by atomic mass is 16.6. The largest absolute Gasteiger partial charge is 0.450 e. The lowest BCUT2D eigenvalue weighted by atomic mass is 10.1. The summed E-state index contributed by atoms with van der Waals surface area (Å²) in [6.45, 7) is 5.11. The van der Waals surface area contributed by atoms with E-state index in [2.05, 4.69) is 10.6 Å². The molecule has 1 heterocycles. The van der Waals surface area contributed by atoms with E-state index in [4.69, 9.17) is 4.74 Å². The molecule has 8 nitrogen and oxygen atoms in total. The Hall–Kier alpha value is -2.77. The fourth-order valence-corrected chi connectivity index (χ4v) is 2.91. The number of nitrogens with zero attached hydrogens (tertiary/aromatic N) is 2. The van der Waals surface area contributed by atoms with Crippen molar-refractivity contribution < 1.29 is 19.1 Å². The molecule has 1 fully saturated rings. The van der Waals surface area contributed by atoms with E-state index in [0.29, 0.717) is 43.8 Å². The lowest BCUT2D eigenvalue weighted by Gasteiger charge is -2.31. The quantitative estimate of drug-likeness (QED) is 0.844. The highest BCUT2D eigenvalue weighted by molar-refractivity contribution is 5.97. The van der Waals surface area contributed by atoms with E-state index < -0.39 is 0 Å². The molecule has 0 saturated carbocycles. The first-order valence-corrected chi connectivity index (χ1v) is 9.13. The van der Waals surface area contributed by atoms with Crippen LogP contribution in [0.4, 0.5) is 15.3 Å². The molecule has 0 aromatic heterocycles. The van der Waals surface area contributed by atoms with Crippen LogP contribution in [0.15, 0.2) is 18.2 Å². The Labute approximate surface area is 159 Å². The minimum atomic E-state index is -0.317. The molecule has 0 spiro atoms. The van der Waals surface area contributed by atoms with Gasteiger partial charge in [0.25, 0.3) is 5.91 Å². The second kappa shape index (κ2) is 9.25. The number of urea groups is 1. The molecule has 0 bridgehead atoms. The molecule has 1 aromatic carbocycles. The predicted molar refractivity (Wildman–Crippen MR) is 103 cm³/mol. The molecule has 1 aliphatic rings. The smallest absolute Gasteiger partial charge is 0.409 e. The zero-order valence-electron chi connectivity index (χ0n) is 16.4. The Morgan fingerprint density at radius 3 is 2.48 bits per heavy atom. The van der Waals surface area contributed by atoms with Gasteiger partial charge >= 0.3 is 12.1 Å². The van der Waals surface area contributed by atoms with E-state index in [1.165, 1.54) is 4.90 Å². The predicted octanol–water partition coefficient (Wildman–Crippen LogP) is 2.44. The van der Waals surface area contributed by atoms with Crippen LogP contribution in [-0.2, 0) is 4.74 Å². The number of carbonyl (C=O) groups excluding carboxylic acids is 3. The van der Waals surface area contributed by atoms with Gasteiger partial charge in [-0.05, 0) is 44.4 Å². The number of ether oxygens (including phenoxy) is 1. The third-order valence-electron chi connectivity index (χ3n) is 4.50. The topological polar surface area (TPSA) is 91.0 Å². The normalized spacial score (nSPS) is 14.4. The number of hydrogen-bond donors (Lipinski definition) is 2. The zero-order chi connectivity index (χ0) is 20.0. The van der Waals surface area contributed by atoms with Crippen molar-refractivity contribution in [2.75, 3.05) is 39.1 Å². The fourth-order valence-electron chi connectivity index (χ4n) is 2.91. The number of amides is 4. The minimum Gasteiger partial charge on any atom is -0.450 e. The van der Waals surface area contributed by atoms with Gasteiger partial charge in [0.05, 0.1) is 6.61 Å². The van der Waals surface area contributed by atoms with Gasteiger partial charge in [-0.25, -0.2) is 9.59 Å². The molecule has 0 atom stereocenters. The van der Waals surface area contributed by atoms with E-state index in [0.717, 1.165) is 5.56 Å². The number of rotatable bonds is 4. The summed E-state index contributed by atoms with van der Waals surface area (Å²) in [5.74, 6) is -0.121. The van der Waals surface area contributed by atoms with Crippen LogP contribution in [0.25, 0.3) is 0 Å². The Kier molecular flexibility index (Phi) is 7.04. The van der Waals surface area contributed by atoms with Crippen molar-refractivity contribution >= 4 is 23.7 Å². The summed E-state index contributed by atoms with van der Waals surface area (Å²) in [6, 6.07) is 4.90. The van der Waals surface area contributed by atoms with Crippen molar-refractivity contribution in [2.24, 2.45) is 0 Å². The number of hydrogen-bond acceptors (Lipinski definition) is 4. The van der Waals surface area contributed by atoms with Crippen molar-refractivity contribution in [1.82, 2.24) is 15.1 Å². The maximum absolute atomic E-state index is 12.3. The molecular weight excluding hydrogens is 348 g/mol. The standard InChI is InChI=1S/C19H28N4O4/c1-5-27-19(26)23-10-8-15(9-11-23)20-18(25)21-16-12-14(7-6-13(16)2)17(24)22(3)4/h6-7,12,15H,5,8-11H2,1-4H3,(H2,20,21,25). The average molecular weight is 376 g/mol. The lowest BCUT2D eigenvalue weighted by Crippen LogP contribution is -2.47. The van der Waals surface area contributed by atoms with Crippen LogP contribution in [0.3, 0.4) is 0 Å². The van der Waals surface area contributed by atoms with E-state index in [1.54, 1.807) is 38.1 Å². The van der Waals surface area contributed by atoms with Gasteiger partial charge in [-0.15, -0.1) is 0 Å². The second-order valence-corrected chi connectivity index (χ2v) is 6.79. The molecular formula is C19H28N4O4. The molecule has 1 aliphatic heterocycles. The van der Waals surface area contributed by atoms with Gasteiger partial charge in [-0.3, -0.25) is 4.79 Å². The number of piperidine rings is 1. The average Bonchev–Trinajstić information content (AvgIpc) is 2.63. The van der Waals surface area contributed by atoms with Gasteiger partial charge in [0.2, 0.25) is 0 Å². The maximum Gasteiger partial charge on any atom is 0.409 e. The van der Waals surface area contributed by atoms with E-state index in [9.17, 15) is 14.4 Å². The lowest BCUT2D eigenvalue weighted by molar-refractivity contribution is 0.0827. The number of benzene rings is 1. The van der Waals surface area contributed by atoms with E-state index in [-0.39, 0.29) is 24.1 Å². The van der Waals surface area contributed by atoms with Gasteiger partial charge < -0.3 is 25.2 Å². The fraction of sp³-hybridized carbons (Fsp3) is 0.526. The van der Waals surface area contributed by atoms with Gasteiger partial charge in [-0.2, -0.15) is 0 Å². The first kappa shape index (κ1) is 20.5. The van der Waals surface area contributed by atoms with Crippen LogP contribution in [0.5, 0.6) is 0 Å². The molecule has 1 saturated heterocycles. The van der Waals surface area contributed by atoms with Gasteiger partial charge in [0.1, 0.15) is 0 Å². The van der Waals surface area contributed by atoms with Crippen molar-refractivity contribution in [3.63, 3.8) is 0 Å². The number of aryl methyl sites for hydroxylation is 1. The third-order valence-corrected chi connectivity index (χ3v) is 4.50. The van der Waals surface area contributed by atoms with E-state index in [1.807, 2.05) is 13.0 Å². The van der Waals surface area contributed by atoms with Crippen LogP contribution >= 0.6 is 0 Å². The first-order chi connectivity index (χ1) is 12.8. The molecule has 0 aliphatic carbocycles. The summed E-state index contributed by atoms with van der Waals surface area (Å²) in [5.41, 5.74) is 1.99. The molecule has 148 valence electrons. The van der Waals surface area contributed by atoms with Gasteiger partial charge in [0, 0.05) is 44.5 Å². The monoisotopic (exact) mass is 376 g/mol. The van der Waals surface area contributed by atoms with Crippen LogP contribution < -0.4 is 10.6 Å². The second-order valence-electron chi connectivity index (χ2n) is 6.79. The molecule has 1 aromatic rings. The summed E-state index contributed by atoms with van der Waals surface area (Å²) in [6.07, 6.45) is 1.03. The Morgan fingerprint density at radius 2 is 1.89 bits per heavy atom. The van der Waals surface area contributed by atoms with Crippen molar-refractivity contribution in [3.05, 3.63) is 29.3 Å². The van der Waals surface area contributed by atoms with Crippen LogP contribution in [0.2, 0.25) is 0 Å². The molecule has 2 rings (SSSR count). The summed E-state index contributed by atoms with van der Waals surface area (Å²) in [7, 11) is 3.37. The highest BCUT2D eigenvalue weighted by Gasteiger charge is 2.24. The molecule has 4 amide bonds. The first-order valence-electron chi connectivity index (χ1n) is 9.13. The van der Waals surface area contributed by atoms with Gasteiger partial charge in [-0.1, -0.05) is 6.07 Å².